The highest BCUT2D eigenvalue weighted by Crippen LogP contribution is 2.28. The number of nitrogens with zero attached hydrogens (tertiary/aromatic N) is 1. The first kappa shape index (κ1) is 17.5. The molecule has 3 aromatic rings. The largest absolute Gasteiger partial charge is 0.506 e. The summed E-state index contributed by atoms with van der Waals surface area (Å²) in [7, 11) is 3.17. The van der Waals surface area contributed by atoms with Gasteiger partial charge in [0.2, 0.25) is 0 Å². The third-order valence-electron chi connectivity index (χ3n) is 4.44. The summed E-state index contributed by atoms with van der Waals surface area (Å²) in [5.41, 5.74) is 1.45. The van der Waals surface area contributed by atoms with Gasteiger partial charge in [-0.2, -0.15) is 0 Å². The molecule has 0 aliphatic rings. The zero-order valence-corrected chi connectivity index (χ0v) is 14.9. The highest BCUT2D eigenvalue weighted by Gasteiger charge is 2.21. The number of aromatic nitrogens is 1. The molecular formula is C20H20N2O4. The standard InChI is InChI=1S/C20H20N2O4/c1-12-5-4-6-15-16(12)18(23)17(20(25)22(15)2)19(24)21-11-13-7-9-14(26-3)10-8-13/h4-10,23H,11H2,1-3H3,(H,21,24). The van der Waals surface area contributed by atoms with Gasteiger partial charge in [-0.05, 0) is 36.2 Å². The van der Waals surface area contributed by atoms with E-state index in [9.17, 15) is 14.7 Å². The molecule has 2 N–H and O–H groups in total. The average molecular weight is 352 g/mol. The predicted molar refractivity (Wildman–Crippen MR) is 99.8 cm³/mol. The summed E-state index contributed by atoms with van der Waals surface area (Å²) < 4.78 is 6.48. The van der Waals surface area contributed by atoms with Gasteiger partial charge >= 0.3 is 0 Å². The van der Waals surface area contributed by atoms with E-state index in [4.69, 9.17) is 4.74 Å². The molecule has 0 saturated heterocycles. The number of hydrogen-bond donors (Lipinski definition) is 2. The summed E-state index contributed by atoms with van der Waals surface area (Å²) in [6.07, 6.45) is 0. The number of carbonyl (C=O) groups excluding carboxylic acids is 1. The highest BCUT2D eigenvalue weighted by molar-refractivity contribution is 6.03. The van der Waals surface area contributed by atoms with E-state index in [0.717, 1.165) is 16.9 Å². The van der Waals surface area contributed by atoms with Crippen LogP contribution in [0.4, 0.5) is 0 Å². The second kappa shape index (κ2) is 6.92. The van der Waals surface area contributed by atoms with Crippen LogP contribution >= 0.6 is 0 Å². The van der Waals surface area contributed by atoms with Gasteiger partial charge in [0.15, 0.2) is 0 Å². The Morgan fingerprint density at radius 1 is 1.19 bits per heavy atom. The first-order valence-electron chi connectivity index (χ1n) is 8.16. The van der Waals surface area contributed by atoms with Crippen molar-refractivity contribution in [2.75, 3.05) is 7.11 Å². The molecule has 0 fully saturated rings. The minimum absolute atomic E-state index is 0.233. The number of methoxy groups -OCH3 is 1. The summed E-state index contributed by atoms with van der Waals surface area (Å²) in [4.78, 5) is 25.2. The number of aryl methyl sites for hydroxylation is 2. The van der Waals surface area contributed by atoms with E-state index in [2.05, 4.69) is 5.32 Å². The number of benzene rings is 2. The maximum Gasteiger partial charge on any atom is 0.267 e. The molecule has 0 aliphatic heterocycles. The molecule has 2 aromatic carbocycles. The summed E-state index contributed by atoms with van der Waals surface area (Å²) in [5, 5.41) is 13.8. The van der Waals surface area contributed by atoms with Crippen LogP contribution in [0.1, 0.15) is 21.5 Å². The first-order valence-corrected chi connectivity index (χ1v) is 8.16. The molecule has 0 aliphatic carbocycles. The molecule has 26 heavy (non-hydrogen) atoms. The monoisotopic (exact) mass is 352 g/mol. The van der Waals surface area contributed by atoms with Crippen LogP contribution in [0.5, 0.6) is 11.5 Å². The fourth-order valence-corrected chi connectivity index (χ4v) is 2.96. The summed E-state index contributed by atoms with van der Waals surface area (Å²) in [6, 6.07) is 12.6. The van der Waals surface area contributed by atoms with Crippen molar-refractivity contribution in [3.8, 4) is 11.5 Å². The molecule has 1 heterocycles. The molecular weight excluding hydrogens is 332 g/mol. The number of hydrogen-bond acceptors (Lipinski definition) is 4. The number of amides is 1. The molecule has 0 atom stereocenters. The van der Waals surface area contributed by atoms with Crippen LogP contribution in [0.15, 0.2) is 47.3 Å². The first-order chi connectivity index (χ1) is 12.4. The Morgan fingerprint density at radius 3 is 2.54 bits per heavy atom. The van der Waals surface area contributed by atoms with Crippen molar-refractivity contribution in [1.82, 2.24) is 9.88 Å². The lowest BCUT2D eigenvalue weighted by molar-refractivity contribution is 0.0946. The topological polar surface area (TPSA) is 80.6 Å². The van der Waals surface area contributed by atoms with Crippen LogP contribution in [0.3, 0.4) is 0 Å². The zero-order chi connectivity index (χ0) is 18.8. The van der Waals surface area contributed by atoms with Crippen molar-refractivity contribution < 1.29 is 14.6 Å². The quantitative estimate of drug-likeness (QED) is 0.756. The molecule has 6 heteroatoms. The number of aromatic hydroxyl groups is 1. The number of fused-ring (bicyclic) bond motifs is 1. The molecule has 1 amide bonds. The second-order valence-corrected chi connectivity index (χ2v) is 6.09. The average Bonchev–Trinajstić information content (AvgIpc) is 2.65. The molecule has 1 aromatic heterocycles. The van der Waals surface area contributed by atoms with Gasteiger partial charge in [-0.15, -0.1) is 0 Å². The zero-order valence-electron chi connectivity index (χ0n) is 14.9. The molecule has 0 spiro atoms. The number of ether oxygens (including phenoxy) is 1. The predicted octanol–water partition coefficient (Wildman–Crippen LogP) is 2.49. The van der Waals surface area contributed by atoms with Gasteiger partial charge in [-0.3, -0.25) is 9.59 Å². The molecule has 0 saturated carbocycles. The summed E-state index contributed by atoms with van der Waals surface area (Å²) in [6.45, 7) is 2.06. The lowest BCUT2D eigenvalue weighted by Crippen LogP contribution is -2.32. The number of rotatable bonds is 4. The smallest absolute Gasteiger partial charge is 0.267 e. The highest BCUT2D eigenvalue weighted by atomic mass is 16.5. The van der Waals surface area contributed by atoms with Crippen LogP contribution < -0.4 is 15.6 Å². The lowest BCUT2D eigenvalue weighted by Gasteiger charge is -2.13. The van der Waals surface area contributed by atoms with Gasteiger partial charge in [-0.25, -0.2) is 0 Å². The van der Waals surface area contributed by atoms with Gasteiger partial charge in [0.05, 0.1) is 12.6 Å². The molecule has 6 nitrogen and oxygen atoms in total. The van der Waals surface area contributed by atoms with Gasteiger partial charge in [0.1, 0.15) is 17.1 Å². The maximum absolute atomic E-state index is 12.6. The van der Waals surface area contributed by atoms with Crippen molar-refractivity contribution in [2.24, 2.45) is 7.05 Å². The molecule has 0 unspecified atom stereocenters. The Kier molecular flexibility index (Phi) is 4.67. The van der Waals surface area contributed by atoms with E-state index in [-0.39, 0.29) is 17.9 Å². The van der Waals surface area contributed by atoms with Gasteiger partial charge in [0.25, 0.3) is 11.5 Å². The van der Waals surface area contributed by atoms with Crippen LogP contribution in [-0.4, -0.2) is 22.7 Å². The molecule has 0 bridgehead atoms. The fraction of sp³-hybridized carbons (Fsp3) is 0.200. The number of pyridine rings is 1. The minimum Gasteiger partial charge on any atom is -0.506 e. The van der Waals surface area contributed by atoms with Gasteiger partial charge in [-0.1, -0.05) is 24.3 Å². The Morgan fingerprint density at radius 2 is 1.88 bits per heavy atom. The van der Waals surface area contributed by atoms with E-state index < -0.39 is 11.5 Å². The Balaban J connectivity index is 1.95. The van der Waals surface area contributed by atoms with E-state index in [0.29, 0.717) is 10.9 Å². The van der Waals surface area contributed by atoms with E-state index in [1.165, 1.54) is 4.57 Å². The molecule has 134 valence electrons. The van der Waals surface area contributed by atoms with E-state index >= 15 is 0 Å². The third-order valence-corrected chi connectivity index (χ3v) is 4.44. The summed E-state index contributed by atoms with van der Waals surface area (Å²) in [5.74, 6) is -0.172. The maximum atomic E-state index is 12.6. The fourth-order valence-electron chi connectivity index (χ4n) is 2.96. The lowest BCUT2D eigenvalue weighted by atomic mass is 10.0. The number of carbonyl (C=O) groups is 1. The van der Waals surface area contributed by atoms with Crippen LogP contribution in [-0.2, 0) is 13.6 Å². The van der Waals surface area contributed by atoms with Crippen LogP contribution in [0, 0.1) is 6.92 Å². The van der Waals surface area contributed by atoms with Crippen molar-refractivity contribution in [3.05, 3.63) is 69.5 Å². The molecule has 3 rings (SSSR count). The van der Waals surface area contributed by atoms with Crippen molar-refractivity contribution in [1.29, 1.82) is 0 Å². The Hall–Kier alpha value is -3.28. The Labute approximate surface area is 150 Å². The normalized spacial score (nSPS) is 10.7. The molecule has 0 radical (unpaired) electrons. The van der Waals surface area contributed by atoms with Crippen molar-refractivity contribution in [3.63, 3.8) is 0 Å². The minimum atomic E-state index is -0.607. The van der Waals surface area contributed by atoms with Crippen molar-refractivity contribution >= 4 is 16.8 Å². The van der Waals surface area contributed by atoms with Crippen molar-refractivity contribution in [2.45, 2.75) is 13.5 Å². The van der Waals surface area contributed by atoms with E-state index in [1.54, 1.807) is 38.4 Å². The van der Waals surface area contributed by atoms with Crippen LogP contribution in [0.25, 0.3) is 10.9 Å². The Bertz CT molecular complexity index is 1040. The second-order valence-electron chi connectivity index (χ2n) is 6.09. The number of nitrogens with one attached hydrogen (secondary N) is 1. The SMILES string of the molecule is COc1ccc(CNC(=O)c2c(O)c3c(C)cccc3n(C)c2=O)cc1. The third kappa shape index (κ3) is 3.01. The van der Waals surface area contributed by atoms with Gasteiger partial charge < -0.3 is 19.7 Å². The summed E-state index contributed by atoms with van der Waals surface area (Å²) >= 11 is 0. The van der Waals surface area contributed by atoms with E-state index in [1.807, 2.05) is 25.1 Å². The van der Waals surface area contributed by atoms with Gasteiger partial charge in [0, 0.05) is 19.0 Å². The van der Waals surface area contributed by atoms with Crippen LogP contribution in [0.2, 0.25) is 0 Å².